The maximum Gasteiger partial charge on any atom is 0.330 e. The maximum atomic E-state index is 11.7. The minimum atomic E-state index is -0.504. The number of hydrogen-bond acceptors (Lipinski definition) is 6. The Morgan fingerprint density at radius 1 is 1.39 bits per heavy atom. The monoisotopic (exact) mass is 256 g/mol. The molecule has 3 atom stereocenters. The molecular formula is C10H12N2O6. The molecule has 2 fully saturated rings. The highest BCUT2D eigenvalue weighted by Crippen LogP contribution is 2.32. The lowest BCUT2D eigenvalue weighted by molar-refractivity contribution is -0.555. The van der Waals surface area contributed by atoms with Gasteiger partial charge in [-0.25, -0.2) is 9.68 Å². The summed E-state index contributed by atoms with van der Waals surface area (Å²) in [7, 11) is 0. The van der Waals surface area contributed by atoms with Crippen LogP contribution in [0.2, 0.25) is 0 Å². The highest BCUT2D eigenvalue weighted by Gasteiger charge is 2.41. The summed E-state index contributed by atoms with van der Waals surface area (Å²) in [6.45, 7) is 1.87. The Balaban J connectivity index is 1.90. The van der Waals surface area contributed by atoms with E-state index in [9.17, 15) is 9.59 Å². The van der Waals surface area contributed by atoms with Crippen molar-refractivity contribution in [3.63, 3.8) is 0 Å². The summed E-state index contributed by atoms with van der Waals surface area (Å²) in [6, 6.07) is 0. The van der Waals surface area contributed by atoms with Crippen LogP contribution in [-0.4, -0.2) is 28.4 Å². The van der Waals surface area contributed by atoms with Gasteiger partial charge >= 0.3 is 5.69 Å². The van der Waals surface area contributed by atoms with Crippen LogP contribution >= 0.6 is 0 Å². The van der Waals surface area contributed by atoms with Crippen LogP contribution in [0.5, 0.6) is 0 Å². The van der Waals surface area contributed by atoms with E-state index in [2.05, 4.69) is 14.9 Å². The van der Waals surface area contributed by atoms with Crippen LogP contribution in [0, 0.1) is 6.92 Å². The number of hydrogen-bond donors (Lipinski definition) is 1. The van der Waals surface area contributed by atoms with Crippen LogP contribution in [0.15, 0.2) is 15.8 Å². The number of fused-ring (bicyclic) bond motifs is 1. The molecule has 8 heteroatoms. The van der Waals surface area contributed by atoms with Crippen LogP contribution in [0.25, 0.3) is 0 Å². The molecule has 98 valence electrons. The predicted molar refractivity (Wildman–Crippen MR) is 56.5 cm³/mol. The van der Waals surface area contributed by atoms with Crippen molar-refractivity contribution in [3.05, 3.63) is 32.6 Å². The normalized spacial score (nSPS) is 31.3. The van der Waals surface area contributed by atoms with Gasteiger partial charge < -0.3 is 4.74 Å². The smallest absolute Gasteiger partial charge is 0.330 e. The van der Waals surface area contributed by atoms with Crippen LogP contribution in [-0.2, 0) is 19.6 Å². The summed E-state index contributed by atoms with van der Waals surface area (Å²) in [4.78, 5) is 34.8. The Morgan fingerprint density at radius 2 is 2.22 bits per heavy atom. The van der Waals surface area contributed by atoms with E-state index in [0.717, 1.165) is 0 Å². The molecule has 1 aromatic rings. The number of nitrogens with zero attached hydrogens (tertiary/aromatic N) is 1. The molecular weight excluding hydrogens is 244 g/mol. The van der Waals surface area contributed by atoms with Gasteiger partial charge in [-0.1, -0.05) is 5.04 Å². The van der Waals surface area contributed by atoms with E-state index in [1.165, 1.54) is 10.8 Å². The van der Waals surface area contributed by atoms with Crippen LogP contribution in [0.4, 0.5) is 0 Å². The van der Waals surface area contributed by atoms with Crippen molar-refractivity contribution in [2.24, 2.45) is 0 Å². The standard InChI is InChI=1S/C10H12N2O6/c1-5-3-12(10(14)11-9(5)13)8-2-6-7(16-8)4-15-18-17-6/h3,6-8H,2,4H2,1H3,(H,11,13,14)/t6-,7-,8-/m1/s1. The van der Waals surface area contributed by atoms with E-state index in [1.54, 1.807) is 6.92 Å². The lowest BCUT2D eigenvalue weighted by Gasteiger charge is -2.20. The van der Waals surface area contributed by atoms with E-state index >= 15 is 0 Å². The zero-order chi connectivity index (χ0) is 12.7. The number of nitrogens with one attached hydrogen (secondary N) is 1. The fourth-order valence-corrected chi connectivity index (χ4v) is 2.10. The van der Waals surface area contributed by atoms with Gasteiger partial charge in [-0.2, -0.15) is 4.89 Å². The van der Waals surface area contributed by atoms with Gasteiger partial charge in [-0.15, -0.1) is 0 Å². The average Bonchev–Trinajstić information content (AvgIpc) is 2.77. The second-order valence-corrected chi connectivity index (χ2v) is 4.33. The fraction of sp³-hybridized carbons (Fsp3) is 0.600. The molecule has 0 bridgehead atoms. The Morgan fingerprint density at radius 3 is 3.00 bits per heavy atom. The van der Waals surface area contributed by atoms with Gasteiger partial charge in [0.15, 0.2) is 0 Å². The Bertz CT molecular complexity index is 550. The van der Waals surface area contributed by atoms with Crippen molar-refractivity contribution in [3.8, 4) is 0 Å². The number of H-pyrrole nitrogens is 1. The minimum Gasteiger partial charge on any atom is -0.349 e. The molecule has 2 aliphatic rings. The molecule has 18 heavy (non-hydrogen) atoms. The Hall–Kier alpha value is -1.48. The van der Waals surface area contributed by atoms with E-state index in [0.29, 0.717) is 12.0 Å². The number of rotatable bonds is 1. The van der Waals surface area contributed by atoms with Crippen LogP contribution in [0.1, 0.15) is 18.2 Å². The molecule has 0 unspecified atom stereocenters. The third kappa shape index (κ3) is 1.89. The molecule has 0 amide bonds. The molecule has 1 aromatic heterocycles. The van der Waals surface area contributed by atoms with Gasteiger partial charge in [0.05, 0.1) is 0 Å². The molecule has 3 rings (SSSR count). The van der Waals surface area contributed by atoms with E-state index in [1.807, 2.05) is 0 Å². The molecule has 8 nitrogen and oxygen atoms in total. The second-order valence-electron chi connectivity index (χ2n) is 4.33. The number of ether oxygens (including phenoxy) is 1. The van der Waals surface area contributed by atoms with Crippen molar-refractivity contribution >= 4 is 0 Å². The van der Waals surface area contributed by atoms with Gasteiger partial charge in [0.2, 0.25) is 0 Å². The third-order valence-electron chi connectivity index (χ3n) is 3.08. The number of aromatic amines is 1. The molecule has 1 N–H and O–H groups in total. The SMILES string of the molecule is Cc1cn([C@H]2C[C@H]3OOOC[C@H]3O2)c(=O)[nH]c1=O. The number of aryl methyl sites for hydroxylation is 1. The summed E-state index contributed by atoms with van der Waals surface area (Å²) in [5.74, 6) is 0. The van der Waals surface area contributed by atoms with Gasteiger partial charge in [0, 0.05) is 18.2 Å². The molecule has 2 aliphatic heterocycles. The van der Waals surface area contributed by atoms with Crippen LogP contribution < -0.4 is 11.2 Å². The lowest BCUT2D eigenvalue weighted by Crippen LogP contribution is -2.34. The van der Waals surface area contributed by atoms with E-state index < -0.39 is 17.5 Å². The van der Waals surface area contributed by atoms with E-state index in [4.69, 9.17) is 9.62 Å². The summed E-state index contributed by atoms with van der Waals surface area (Å²) in [5.41, 5.74) is -0.452. The lowest BCUT2D eigenvalue weighted by atomic mass is 10.2. The average molecular weight is 256 g/mol. The third-order valence-corrected chi connectivity index (χ3v) is 3.08. The topological polar surface area (TPSA) is 91.8 Å². The summed E-state index contributed by atoms with van der Waals surface area (Å²) in [5, 5.41) is 4.42. The minimum absolute atomic E-state index is 0.248. The van der Waals surface area contributed by atoms with E-state index in [-0.39, 0.29) is 18.8 Å². The number of aromatic nitrogens is 2. The Kier molecular flexibility index (Phi) is 2.78. The van der Waals surface area contributed by atoms with Crippen molar-refractivity contribution in [1.29, 1.82) is 0 Å². The zero-order valence-electron chi connectivity index (χ0n) is 9.62. The van der Waals surface area contributed by atoms with Gasteiger partial charge in [-0.05, 0) is 6.92 Å². The van der Waals surface area contributed by atoms with Crippen molar-refractivity contribution in [2.75, 3.05) is 6.61 Å². The molecule has 3 heterocycles. The summed E-state index contributed by atoms with van der Waals surface area (Å²) >= 11 is 0. The van der Waals surface area contributed by atoms with Gasteiger partial charge in [0.25, 0.3) is 5.56 Å². The first-order valence-electron chi connectivity index (χ1n) is 5.57. The maximum absolute atomic E-state index is 11.7. The highest BCUT2D eigenvalue weighted by molar-refractivity contribution is 5.02. The van der Waals surface area contributed by atoms with Crippen molar-refractivity contribution in [1.82, 2.24) is 9.55 Å². The Labute approximate surface area is 101 Å². The first-order valence-corrected chi connectivity index (χ1v) is 5.57. The first kappa shape index (κ1) is 11.6. The first-order chi connectivity index (χ1) is 8.65. The summed E-state index contributed by atoms with van der Waals surface area (Å²) in [6.07, 6.45) is 0.892. The van der Waals surface area contributed by atoms with Gasteiger partial charge in [-0.3, -0.25) is 14.3 Å². The molecule has 0 spiro atoms. The molecule has 0 aromatic carbocycles. The zero-order valence-corrected chi connectivity index (χ0v) is 9.62. The second kappa shape index (κ2) is 4.32. The predicted octanol–water partition coefficient (Wildman–Crippen LogP) is -0.605. The fourth-order valence-electron chi connectivity index (χ4n) is 2.10. The van der Waals surface area contributed by atoms with Crippen molar-refractivity contribution < 1.29 is 19.6 Å². The van der Waals surface area contributed by atoms with Crippen LogP contribution in [0.3, 0.4) is 0 Å². The highest BCUT2D eigenvalue weighted by atomic mass is 17.5. The summed E-state index contributed by atoms with van der Waals surface area (Å²) < 4.78 is 6.98. The van der Waals surface area contributed by atoms with Crippen molar-refractivity contribution in [2.45, 2.75) is 31.8 Å². The van der Waals surface area contributed by atoms with Gasteiger partial charge in [0.1, 0.15) is 25.0 Å². The molecule has 0 aliphatic carbocycles. The quantitative estimate of drug-likeness (QED) is 0.674. The molecule has 0 saturated carbocycles. The largest absolute Gasteiger partial charge is 0.349 e. The molecule has 0 radical (unpaired) electrons. The molecule has 2 saturated heterocycles.